The van der Waals surface area contributed by atoms with E-state index in [2.05, 4.69) is 16.0 Å². The van der Waals surface area contributed by atoms with E-state index in [0.717, 1.165) is 12.8 Å². The number of carbonyl (C=O) groups is 3. The van der Waals surface area contributed by atoms with E-state index in [1.807, 2.05) is 0 Å². The van der Waals surface area contributed by atoms with E-state index < -0.39 is 5.91 Å². The second kappa shape index (κ2) is 9.71. The van der Waals surface area contributed by atoms with Crippen molar-refractivity contribution in [2.75, 3.05) is 11.9 Å². The van der Waals surface area contributed by atoms with Gasteiger partial charge in [0.15, 0.2) is 0 Å². The Bertz CT molecular complexity index is 683. The first kappa shape index (κ1) is 21.2. The van der Waals surface area contributed by atoms with Crippen molar-refractivity contribution in [1.82, 2.24) is 10.6 Å². The van der Waals surface area contributed by atoms with Crippen molar-refractivity contribution in [3.05, 3.63) is 29.8 Å². The van der Waals surface area contributed by atoms with Gasteiger partial charge in [-0.15, -0.1) is 12.4 Å². The molecule has 3 amide bonds. The largest absolute Gasteiger partial charge is 0.370 e. The van der Waals surface area contributed by atoms with Crippen molar-refractivity contribution < 1.29 is 14.4 Å². The monoisotopic (exact) mass is 394 g/mol. The summed E-state index contributed by atoms with van der Waals surface area (Å²) in [6.45, 7) is 0.194. The number of halogens is 1. The lowest BCUT2D eigenvalue weighted by atomic mass is 9.85. The lowest BCUT2D eigenvalue weighted by Gasteiger charge is -2.24. The standard InChI is InChI=1S/C19H26N4O3.ClH/c20-17(24)8-9-21-18(25)13-5-3-6-14(10-13)22-19(26)16-11-12-4-1-2-7-15(12)23-16;/h3,5-6,10,12,15-16,23H,1-2,4,7-9,11H2,(H2,20,24)(H,21,25)(H,22,26);1H. The van der Waals surface area contributed by atoms with Crippen LogP contribution in [0.2, 0.25) is 0 Å². The van der Waals surface area contributed by atoms with Crippen LogP contribution < -0.4 is 21.7 Å². The van der Waals surface area contributed by atoms with Crippen molar-refractivity contribution >= 4 is 35.8 Å². The fraction of sp³-hybridized carbons (Fsp3) is 0.526. The van der Waals surface area contributed by atoms with Crippen LogP contribution in [0.5, 0.6) is 0 Å². The minimum absolute atomic E-state index is 0. The molecule has 1 aromatic rings. The molecule has 3 unspecified atom stereocenters. The number of amides is 3. The number of rotatable bonds is 6. The van der Waals surface area contributed by atoms with Gasteiger partial charge in [-0.2, -0.15) is 0 Å². The van der Waals surface area contributed by atoms with Crippen LogP contribution in [0.4, 0.5) is 5.69 Å². The van der Waals surface area contributed by atoms with E-state index >= 15 is 0 Å². The minimum Gasteiger partial charge on any atom is -0.370 e. The molecular weight excluding hydrogens is 368 g/mol. The Hall–Kier alpha value is -2.12. The first-order chi connectivity index (χ1) is 12.5. The summed E-state index contributed by atoms with van der Waals surface area (Å²) in [5.74, 6) is -0.212. The molecule has 1 saturated carbocycles. The Morgan fingerprint density at radius 2 is 1.96 bits per heavy atom. The highest BCUT2D eigenvalue weighted by Crippen LogP contribution is 2.33. The zero-order valence-corrected chi connectivity index (χ0v) is 16.0. The third-order valence-corrected chi connectivity index (χ3v) is 5.23. The molecule has 0 bridgehead atoms. The number of benzene rings is 1. The second-order valence-electron chi connectivity index (χ2n) is 7.15. The highest BCUT2D eigenvalue weighted by molar-refractivity contribution is 5.98. The van der Waals surface area contributed by atoms with Gasteiger partial charge in [-0.1, -0.05) is 18.9 Å². The molecule has 3 atom stereocenters. The van der Waals surface area contributed by atoms with Crippen LogP contribution in [-0.4, -0.2) is 36.3 Å². The predicted octanol–water partition coefficient (Wildman–Crippen LogP) is 1.57. The summed E-state index contributed by atoms with van der Waals surface area (Å²) in [5, 5.41) is 9.00. The summed E-state index contributed by atoms with van der Waals surface area (Å²) in [7, 11) is 0. The van der Waals surface area contributed by atoms with Gasteiger partial charge in [0.25, 0.3) is 5.91 Å². The second-order valence-corrected chi connectivity index (χ2v) is 7.15. The first-order valence-corrected chi connectivity index (χ1v) is 9.26. The van der Waals surface area contributed by atoms with Crippen LogP contribution in [-0.2, 0) is 9.59 Å². The lowest BCUT2D eigenvalue weighted by Crippen LogP contribution is -2.39. The van der Waals surface area contributed by atoms with Crippen LogP contribution in [0, 0.1) is 5.92 Å². The van der Waals surface area contributed by atoms with E-state index in [9.17, 15) is 14.4 Å². The number of carbonyl (C=O) groups excluding carboxylic acids is 3. The van der Waals surface area contributed by atoms with Crippen LogP contribution in [0.3, 0.4) is 0 Å². The molecule has 3 rings (SSSR count). The molecule has 1 heterocycles. The summed E-state index contributed by atoms with van der Waals surface area (Å²) in [4.78, 5) is 35.4. The average Bonchev–Trinajstić information content (AvgIpc) is 3.06. The SMILES string of the molecule is Cl.NC(=O)CCNC(=O)c1cccc(NC(=O)C2CC3CCCCC3N2)c1. The van der Waals surface area contributed by atoms with E-state index in [4.69, 9.17) is 5.73 Å². The lowest BCUT2D eigenvalue weighted by molar-refractivity contribution is -0.118. The number of nitrogens with two attached hydrogens (primary N) is 1. The molecule has 8 heteroatoms. The maximum absolute atomic E-state index is 12.6. The molecule has 7 nitrogen and oxygen atoms in total. The molecule has 1 aromatic carbocycles. The third kappa shape index (κ3) is 5.68. The number of hydrogen-bond acceptors (Lipinski definition) is 4. The number of anilines is 1. The van der Waals surface area contributed by atoms with Crippen LogP contribution >= 0.6 is 12.4 Å². The van der Waals surface area contributed by atoms with Gasteiger partial charge in [0.2, 0.25) is 11.8 Å². The highest BCUT2D eigenvalue weighted by Gasteiger charge is 2.38. The fourth-order valence-electron chi connectivity index (χ4n) is 3.89. The average molecular weight is 395 g/mol. The normalized spacial score (nSPS) is 23.6. The minimum atomic E-state index is -0.462. The molecule has 5 N–H and O–H groups in total. The van der Waals surface area contributed by atoms with Gasteiger partial charge >= 0.3 is 0 Å². The Kier molecular flexibility index (Phi) is 7.62. The number of hydrogen-bond donors (Lipinski definition) is 4. The number of fused-ring (bicyclic) bond motifs is 1. The summed E-state index contributed by atoms with van der Waals surface area (Å²) in [6, 6.07) is 7.08. The van der Waals surface area contributed by atoms with E-state index in [1.54, 1.807) is 24.3 Å². The van der Waals surface area contributed by atoms with Crippen molar-refractivity contribution in [3.63, 3.8) is 0 Å². The van der Waals surface area contributed by atoms with Gasteiger partial charge < -0.3 is 21.7 Å². The molecule has 2 aliphatic rings. The molecule has 148 valence electrons. The number of nitrogens with one attached hydrogen (secondary N) is 3. The van der Waals surface area contributed by atoms with Gasteiger partial charge in [0.05, 0.1) is 6.04 Å². The molecule has 0 aromatic heterocycles. The Labute approximate surface area is 165 Å². The predicted molar refractivity (Wildman–Crippen MR) is 106 cm³/mol. The fourth-order valence-corrected chi connectivity index (χ4v) is 3.89. The topological polar surface area (TPSA) is 113 Å². The van der Waals surface area contributed by atoms with E-state index in [0.29, 0.717) is 23.2 Å². The molecule has 1 saturated heterocycles. The van der Waals surface area contributed by atoms with E-state index in [-0.39, 0.29) is 43.2 Å². The van der Waals surface area contributed by atoms with Gasteiger partial charge in [-0.25, -0.2) is 0 Å². The van der Waals surface area contributed by atoms with Crippen molar-refractivity contribution in [3.8, 4) is 0 Å². The maximum Gasteiger partial charge on any atom is 0.251 e. The first-order valence-electron chi connectivity index (χ1n) is 9.26. The van der Waals surface area contributed by atoms with Crippen molar-refractivity contribution in [2.45, 2.75) is 50.6 Å². The smallest absolute Gasteiger partial charge is 0.251 e. The zero-order chi connectivity index (χ0) is 18.5. The summed E-state index contributed by atoms with van der Waals surface area (Å²) in [6.07, 6.45) is 5.80. The third-order valence-electron chi connectivity index (χ3n) is 5.23. The summed E-state index contributed by atoms with van der Waals surface area (Å²) < 4.78 is 0. The van der Waals surface area contributed by atoms with Crippen molar-refractivity contribution in [2.24, 2.45) is 11.7 Å². The molecule has 2 fully saturated rings. The Morgan fingerprint density at radius 3 is 2.70 bits per heavy atom. The molecule has 0 radical (unpaired) electrons. The Morgan fingerprint density at radius 1 is 1.19 bits per heavy atom. The highest BCUT2D eigenvalue weighted by atomic mass is 35.5. The summed E-state index contributed by atoms with van der Waals surface area (Å²) in [5.41, 5.74) is 6.08. The van der Waals surface area contributed by atoms with Crippen LogP contribution in [0.15, 0.2) is 24.3 Å². The van der Waals surface area contributed by atoms with Crippen LogP contribution in [0.1, 0.15) is 48.9 Å². The molecule has 1 aliphatic carbocycles. The summed E-state index contributed by atoms with van der Waals surface area (Å²) >= 11 is 0. The van der Waals surface area contributed by atoms with Crippen molar-refractivity contribution in [1.29, 1.82) is 0 Å². The molecular formula is C19H27ClN4O3. The molecule has 27 heavy (non-hydrogen) atoms. The van der Waals surface area contributed by atoms with Gasteiger partial charge in [-0.3, -0.25) is 14.4 Å². The van der Waals surface area contributed by atoms with Crippen LogP contribution in [0.25, 0.3) is 0 Å². The van der Waals surface area contributed by atoms with Gasteiger partial charge in [0, 0.05) is 30.3 Å². The number of primary amides is 1. The van der Waals surface area contributed by atoms with Gasteiger partial charge in [0.1, 0.15) is 0 Å². The van der Waals surface area contributed by atoms with E-state index in [1.165, 1.54) is 19.3 Å². The Balaban J connectivity index is 0.00000261. The quantitative estimate of drug-likeness (QED) is 0.586. The molecule has 0 spiro atoms. The van der Waals surface area contributed by atoms with Gasteiger partial charge in [-0.05, 0) is 43.4 Å². The zero-order valence-electron chi connectivity index (χ0n) is 15.2. The maximum atomic E-state index is 12.6. The molecule has 1 aliphatic heterocycles.